The van der Waals surface area contributed by atoms with Crippen molar-refractivity contribution in [1.29, 1.82) is 0 Å². The summed E-state index contributed by atoms with van der Waals surface area (Å²) in [7, 11) is 0. The molecule has 3 rings (SSSR count). The Bertz CT molecular complexity index is 378. The zero-order chi connectivity index (χ0) is 12.4. The molecule has 0 aromatic carbocycles. The lowest BCUT2D eigenvalue weighted by Gasteiger charge is -2.32. The Morgan fingerprint density at radius 3 is 2.72 bits per heavy atom. The second kappa shape index (κ2) is 5.68. The quantitative estimate of drug-likeness (QED) is 0.886. The van der Waals surface area contributed by atoms with Crippen LogP contribution in [0.5, 0.6) is 0 Å². The fourth-order valence-corrected chi connectivity index (χ4v) is 3.45. The van der Waals surface area contributed by atoms with Gasteiger partial charge in [-0.05, 0) is 45.1 Å². The van der Waals surface area contributed by atoms with Crippen LogP contribution in [0.25, 0.3) is 0 Å². The standard InChI is InChI=1S/C14H23N3S/c1-11-14(18-10-16-11)9-17-6-4-13(5-7-17)15-8-12-2-3-12/h10,12-13,15H,2-9H2,1H3. The Hall–Kier alpha value is -0.450. The third-order valence-electron chi connectivity index (χ3n) is 4.19. The van der Waals surface area contributed by atoms with Gasteiger partial charge in [0.15, 0.2) is 0 Å². The number of hydrogen-bond donors (Lipinski definition) is 1. The van der Waals surface area contributed by atoms with Crippen LogP contribution in [0, 0.1) is 12.8 Å². The van der Waals surface area contributed by atoms with Gasteiger partial charge in [-0.3, -0.25) is 4.90 Å². The van der Waals surface area contributed by atoms with Gasteiger partial charge in [0.05, 0.1) is 11.2 Å². The average Bonchev–Trinajstić information content (AvgIpc) is 3.13. The Labute approximate surface area is 114 Å². The molecule has 1 saturated heterocycles. The molecular formula is C14H23N3S. The first-order valence-corrected chi connectivity index (χ1v) is 8.04. The van der Waals surface area contributed by atoms with E-state index < -0.39 is 0 Å². The molecule has 1 saturated carbocycles. The van der Waals surface area contributed by atoms with Crippen LogP contribution in [0.4, 0.5) is 0 Å². The van der Waals surface area contributed by atoms with Crippen molar-refractivity contribution in [2.24, 2.45) is 5.92 Å². The summed E-state index contributed by atoms with van der Waals surface area (Å²) in [5, 5.41) is 3.74. The van der Waals surface area contributed by atoms with Gasteiger partial charge in [0.25, 0.3) is 0 Å². The Morgan fingerprint density at radius 2 is 2.11 bits per heavy atom. The van der Waals surface area contributed by atoms with Crippen molar-refractivity contribution >= 4 is 11.3 Å². The van der Waals surface area contributed by atoms with Crippen LogP contribution in [-0.4, -0.2) is 35.6 Å². The van der Waals surface area contributed by atoms with Crippen molar-refractivity contribution in [3.05, 3.63) is 16.1 Å². The maximum absolute atomic E-state index is 4.33. The van der Waals surface area contributed by atoms with Crippen LogP contribution < -0.4 is 5.32 Å². The molecule has 1 aromatic heterocycles. The summed E-state index contributed by atoms with van der Waals surface area (Å²) in [6.45, 7) is 6.96. The van der Waals surface area contributed by atoms with Crippen molar-refractivity contribution in [3.63, 3.8) is 0 Å². The highest BCUT2D eigenvalue weighted by Gasteiger charge is 2.24. The minimum atomic E-state index is 0.768. The molecule has 0 amide bonds. The summed E-state index contributed by atoms with van der Waals surface area (Å²) in [6.07, 6.45) is 5.53. The van der Waals surface area contributed by atoms with Crippen molar-refractivity contribution in [1.82, 2.24) is 15.2 Å². The van der Waals surface area contributed by atoms with E-state index in [1.807, 2.05) is 5.51 Å². The number of likely N-dealkylation sites (tertiary alicyclic amines) is 1. The fourth-order valence-electron chi connectivity index (χ4n) is 2.63. The van der Waals surface area contributed by atoms with Gasteiger partial charge >= 0.3 is 0 Å². The van der Waals surface area contributed by atoms with Crippen LogP contribution >= 0.6 is 11.3 Å². The first-order chi connectivity index (χ1) is 8.81. The van der Waals surface area contributed by atoms with Crippen LogP contribution in [0.3, 0.4) is 0 Å². The van der Waals surface area contributed by atoms with E-state index in [-0.39, 0.29) is 0 Å². The molecule has 4 heteroatoms. The highest BCUT2D eigenvalue weighted by Crippen LogP contribution is 2.28. The van der Waals surface area contributed by atoms with Crippen LogP contribution in [0.15, 0.2) is 5.51 Å². The zero-order valence-corrected chi connectivity index (χ0v) is 12.0. The van der Waals surface area contributed by atoms with Crippen molar-refractivity contribution in [3.8, 4) is 0 Å². The number of rotatable bonds is 5. The lowest BCUT2D eigenvalue weighted by molar-refractivity contribution is 0.191. The monoisotopic (exact) mass is 265 g/mol. The molecule has 0 atom stereocenters. The van der Waals surface area contributed by atoms with Gasteiger partial charge in [-0.15, -0.1) is 11.3 Å². The largest absolute Gasteiger partial charge is 0.314 e. The Balaban J connectivity index is 1.40. The summed E-state index contributed by atoms with van der Waals surface area (Å²) < 4.78 is 0. The van der Waals surface area contributed by atoms with Crippen molar-refractivity contribution < 1.29 is 0 Å². The van der Waals surface area contributed by atoms with Gasteiger partial charge < -0.3 is 5.32 Å². The van der Waals surface area contributed by atoms with E-state index in [4.69, 9.17) is 0 Å². The Kier molecular flexibility index (Phi) is 3.97. The molecule has 0 unspecified atom stereocenters. The van der Waals surface area contributed by atoms with Gasteiger partial charge in [-0.25, -0.2) is 4.98 Å². The fraction of sp³-hybridized carbons (Fsp3) is 0.786. The van der Waals surface area contributed by atoms with Gasteiger partial charge in [0.2, 0.25) is 0 Å². The van der Waals surface area contributed by atoms with E-state index >= 15 is 0 Å². The van der Waals surface area contributed by atoms with Gasteiger partial charge in [-0.1, -0.05) is 0 Å². The second-order valence-electron chi connectivity index (χ2n) is 5.76. The topological polar surface area (TPSA) is 28.2 Å². The summed E-state index contributed by atoms with van der Waals surface area (Å²) in [5.41, 5.74) is 3.18. The van der Waals surface area contributed by atoms with E-state index in [0.29, 0.717) is 0 Å². The number of aryl methyl sites for hydroxylation is 1. The molecule has 0 spiro atoms. The molecule has 1 aliphatic carbocycles. The predicted molar refractivity (Wildman–Crippen MR) is 75.9 cm³/mol. The highest BCUT2D eigenvalue weighted by molar-refractivity contribution is 7.09. The summed E-state index contributed by atoms with van der Waals surface area (Å²) in [4.78, 5) is 8.36. The molecule has 2 fully saturated rings. The van der Waals surface area contributed by atoms with Crippen LogP contribution in [0.2, 0.25) is 0 Å². The van der Waals surface area contributed by atoms with Crippen molar-refractivity contribution in [2.75, 3.05) is 19.6 Å². The Morgan fingerprint density at radius 1 is 1.33 bits per heavy atom. The second-order valence-corrected chi connectivity index (χ2v) is 6.70. The van der Waals surface area contributed by atoms with Gasteiger partial charge in [0, 0.05) is 30.6 Å². The number of piperidine rings is 1. The van der Waals surface area contributed by atoms with Gasteiger partial charge in [-0.2, -0.15) is 0 Å². The van der Waals surface area contributed by atoms with E-state index in [1.54, 1.807) is 11.3 Å². The van der Waals surface area contributed by atoms with E-state index in [9.17, 15) is 0 Å². The predicted octanol–water partition coefficient (Wildman–Crippen LogP) is 2.42. The summed E-state index contributed by atoms with van der Waals surface area (Å²) in [6, 6.07) is 0.768. The molecule has 2 aliphatic rings. The summed E-state index contributed by atoms with van der Waals surface area (Å²) >= 11 is 1.80. The summed E-state index contributed by atoms with van der Waals surface area (Å²) in [5.74, 6) is 1.00. The molecule has 1 aromatic rings. The highest BCUT2D eigenvalue weighted by atomic mass is 32.1. The number of hydrogen-bond acceptors (Lipinski definition) is 4. The minimum absolute atomic E-state index is 0.768. The molecule has 3 nitrogen and oxygen atoms in total. The lowest BCUT2D eigenvalue weighted by Crippen LogP contribution is -2.42. The molecule has 1 N–H and O–H groups in total. The van der Waals surface area contributed by atoms with Crippen LogP contribution in [0.1, 0.15) is 36.3 Å². The van der Waals surface area contributed by atoms with Crippen molar-refractivity contribution in [2.45, 2.75) is 45.2 Å². The maximum Gasteiger partial charge on any atom is 0.0798 e. The van der Waals surface area contributed by atoms with E-state index in [2.05, 4.69) is 22.1 Å². The first kappa shape index (κ1) is 12.6. The smallest absolute Gasteiger partial charge is 0.0798 e. The maximum atomic E-state index is 4.33. The first-order valence-electron chi connectivity index (χ1n) is 7.16. The molecule has 1 aliphatic heterocycles. The third kappa shape index (κ3) is 3.31. The normalized spacial score (nSPS) is 22.5. The number of aromatic nitrogens is 1. The SMILES string of the molecule is Cc1ncsc1CN1CCC(NCC2CC2)CC1. The number of nitrogens with one attached hydrogen (secondary N) is 1. The van der Waals surface area contributed by atoms with Crippen LogP contribution in [-0.2, 0) is 6.54 Å². The molecule has 100 valence electrons. The molecule has 0 radical (unpaired) electrons. The lowest BCUT2D eigenvalue weighted by atomic mass is 10.0. The third-order valence-corrected chi connectivity index (χ3v) is 5.11. The molecule has 2 heterocycles. The van der Waals surface area contributed by atoms with E-state index in [1.165, 1.54) is 55.9 Å². The van der Waals surface area contributed by atoms with Gasteiger partial charge in [0.1, 0.15) is 0 Å². The zero-order valence-electron chi connectivity index (χ0n) is 11.2. The number of thiazole rings is 1. The van der Waals surface area contributed by atoms with E-state index in [0.717, 1.165) is 18.5 Å². The molecule has 18 heavy (non-hydrogen) atoms. The molecule has 0 bridgehead atoms. The minimum Gasteiger partial charge on any atom is -0.314 e. The number of nitrogens with zero attached hydrogens (tertiary/aromatic N) is 2. The molecular weight excluding hydrogens is 242 g/mol. The average molecular weight is 265 g/mol.